The molecule has 124 valence electrons. The molecule has 1 unspecified atom stereocenters. The highest BCUT2D eigenvalue weighted by Gasteiger charge is 2.38. The molecule has 2 N–H and O–H groups in total. The molecule has 1 aliphatic carbocycles. The molecule has 6 heteroatoms. The lowest BCUT2D eigenvalue weighted by molar-refractivity contribution is -0.132. The molecular weight excluding hydrogens is 314 g/mol. The fourth-order valence-electron chi connectivity index (χ4n) is 3.15. The van der Waals surface area contributed by atoms with E-state index in [2.05, 4.69) is 10.6 Å². The van der Waals surface area contributed by atoms with Crippen LogP contribution >= 0.6 is 11.6 Å². The number of hydrogen-bond acceptors (Lipinski definition) is 2. The Kier molecular flexibility index (Phi) is 4.76. The highest BCUT2D eigenvalue weighted by atomic mass is 35.5. The molecule has 1 aromatic carbocycles. The van der Waals surface area contributed by atoms with Gasteiger partial charge in [-0.2, -0.15) is 0 Å². The predicted octanol–water partition coefficient (Wildman–Crippen LogP) is 2.85. The van der Waals surface area contributed by atoms with Crippen LogP contribution < -0.4 is 10.6 Å². The maximum absolute atomic E-state index is 12.3. The summed E-state index contributed by atoms with van der Waals surface area (Å²) in [6.07, 6.45) is 4.07. The first kappa shape index (κ1) is 16.1. The summed E-state index contributed by atoms with van der Waals surface area (Å²) >= 11 is 5.97. The second-order valence-electron chi connectivity index (χ2n) is 6.35. The Balaban J connectivity index is 1.52. The first-order chi connectivity index (χ1) is 11.0. The Bertz CT molecular complexity index is 603. The van der Waals surface area contributed by atoms with E-state index in [9.17, 15) is 9.59 Å². The molecule has 3 rings (SSSR count). The summed E-state index contributed by atoms with van der Waals surface area (Å²) in [4.78, 5) is 26.4. The van der Waals surface area contributed by atoms with E-state index < -0.39 is 6.04 Å². The van der Waals surface area contributed by atoms with E-state index in [1.807, 2.05) is 30.0 Å². The summed E-state index contributed by atoms with van der Waals surface area (Å²) in [5, 5.41) is 6.30. The second-order valence-corrected chi connectivity index (χ2v) is 6.79. The Morgan fingerprint density at radius 2 is 2.13 bits per heavy atom. The van der Waals surface area contributed by atoms with E-state index in [0.29, 0.717) is 17.5 Å². The zero-order valence-corrected chi connectivity index (χ0v) is 14.0. The standard InChI is InChI=1S/C17H22ClN3O2/c1-11(12-4-2-5-13(18)10-12)19-17(23)20-15-8-9-21(16(15)22)14-6-3-7-14/h2,4-5,10-11,14-15H,3,6-9H2,1H3,(H2,19,20,23)/t11-,15?/m1/s1. The fraction of sp³-hybridized carbons (Fsp3) is 0.529. The Morgan fingerprint density at radius 1 is 1.35 bits per heavy atom. The third-order valence-corrected chi connectivity index (χ3v) is 4.99. The van der Waals surface area contributed by atoms with E-state index >= 15 is 0 Å². The number of benzene rings is 1. The van der Waals surface area contributed by atoms with Gasteiger partial charge in [-0.15, -0.1) is 0 Å². The van der Waals surface area contributed by atoms with Crippen LogP contribution in [0.4, 0.5) is 4.79 Å². The van der Waals surface area contributed by atoms with Crippen LogP contribution in [0.2, 0.25) is 5.02 Å². The van der Waals surface area contributed by atoms with Gasteiger partial charge in [-0.25, -0.2) is 4.79 Å². The summed E-state index contributed by atoms with van der Waals surface area (Å²) in [7, 11) is 0. The average Bonchev–Trinajstić information content (AvgIpc) is 2.79. The highest BCUT2D eigenvalue weighted by Crippen LogP contribution is 2.28. The third-order valence-electron chi connectivity index (χ3n) is 4.76. The largest absolute Gasteiger partial charge is 0.338 e. The summed E-state index contributed by atoms with van der Waals surface area (Å²) in [5.74, 6) is 0.0558. The molecule has 1 heterocycles. The van der Waals surface area contributed by atoms with Gasteiger partial charge in [0.2, 0.25) is 5.91 Å². The number of amides is 3. The number of halogens is 1. The van der Waals surface area contributed by atoms with Crippen molar-refractivity contribution in [2.75, 3.05) is 6.54 Å². The maximum Gasteiger partial charge on any atom is 0.315 e. The lowest BCUT2D eigenvalue weighted by Gasteiger charge is -2.34. The van der Waals surface area contributed by atoms with Crippen LogP contribution in [0.1, 0.15) is 44.2 Å². The van der Waals surface area contributed by atoms with Gasteiger partial charge in [-0.3, -0.25) is 4.79 Å². The van der Waals surface area contributed by atoms with Gasteiger partial charge < -0.3 is 15.5 Å². The van der Waals surface area contributed by atoms with Crippen molar-refractivity contribution in [1.82, 2.24) is 15.5 Å². The molecule has 0 bridgehead atoms. The van der Waals surface area contributed by atoms with Crippen LogP contribution in [0.15, 0.2) is 24.3 Å². The molecule has 5 nitrogen and oxygen atoms in total. The summed E-state index contributed by atoms with van der Waals surface area (Å²) in [6, 6.07) is 6.89. The smallest absolute Gasteiger partial charge is 0.315 e. The van der Waals surface area contributed by atoms with Crippen LogP contribution in [-0.2, 0) is 4.79 Å². The SMILES string of the molecule is C[C@@H](NC(=O)NC1CCN(C2CCC2)C1=O)c1cccc(Cl)c1. The molecule has 1 saturated carbocycles. The number of urea groups is 1. The normalized spacial score (nSPS) is 22.6. The average molecular weight is 336 g/mol. The monoisotopic (exact) mass is 335 g/mol. The van der Waals surface area contributed by atoms with Crippen LogP contribution in [0, 0.1) is 0 Å². The van der Waals surface area contributed by atoms with Gasteiger partial charge in [0.1, 0.15) is 6.04 Å². The van der Waals surface area contributed by atoms with Gasteiger partial charge in [-0.1, -0.05) is 23.7 Å². The first-order valence-electron chi connectivity index (χ1n) is 8.17. The van der Waals surface area contributed by atoms with Crippen molar-refractivity contribution >= 4 is 23.5 Å². The van der Waals surface area contributed by atoms with Gasteiger partial charge >= 0.3 is 6.03 Å². The number of hydrogen-bond donors (Lipinski definition) is 2. The Morgan fingerprint density at radius 3 is 2.78 bits per heavy atom. The molecule has 2 fully saturated rings. The van der Waals surface area contributed by atoms with E-state index in [1.54, 1.807) is 6.07 Å². The summed E-state index contributed by atoms with van der Waals surface area (Å²) in [5.41, 5.74) is 0.932. The number of likely N-dealkylation sites (tertiary alicyclic amines) is 1. The number of carbonyl (C=O) groups excluding carboxylic acids is 2. The summed E-state index contributed by atoms with van der Waals surface area (Å²) in [6.45, 7) is 2.64. The molecule has 2 aliphatic rings. The zero-order valence-electron chi connectivity index (χ0n) is 13.2. The molecule has 0 radical (unpaired) electrons. The van der Waals surface area contributed by atoms with Crippen molar-refractivity contribution in [3.05, 3.63) is 34.9 Å². The fourth-order valence-corrected chi connectivity index (χ4v) is 3.35. The minimum absolute atomic E-state index is 0.0558. The van der Waals surface area contributed by atoms with E-state index in [0.717, 1.165) is 24.9 Å². The van der Waals surface area contributed by atoms with Crippen molar-refractivity contribution in [3.63, 3.8) is 0 Å². The quantitative estimate of drug-likeness (QED) is 0.888. The molecule has 1 aliphatic heterocycles. The number of rotatable bonds is 4. The third kappa shape index (κ3) is 3.61. The molecule has 23 heavy (non-hydrogen) atoms. The predicted molar refractivity (Wildman–Crippen MR) is 89.3 cm³/mol. The highest BCUT2D eigenvalue weighted by molar-refractivity contribution is 6.30. The van der Waals surface area contributed by atoms with Crippen molar-refractivity contribution in [2.24, 2.45) is 0 Å². The molecule has 0 aromatic heterocycles. The number of nitrogens with one attached hydrogen (secondary N) is 2. The minimum atomic E-state index is -0.401. The van der Waals surface area contributed by atoms with Gasteiger partial charge in [0, 0.05) is 17.6 Å². The number of nitrogens with zero attached hydrogens (tertiary/aromatic N) is 1. The molecule has 0 spiro atoms. The van der Waals surface area contributed by atoms with Gasteiger partial charge in [-0.05, 0) is 50.3 Å². The molecule has 1 aromatic rings. The van der Waals surface area contributed by atoms with Crippen molar-refractivity contribution in [3.8, 4) is 0 Å². The van der Waals surface area contributed by atoms with E-state index in [1.165, 1.54) is 6.42 Å². The maximum atomic E-state index is 12.3. The number of carbonyl (C=O) groups is 2. The van der Waals surface area contributed by atoms with Gasteiger partial charge in [0.15, 0.2) is 0 Å². The van der Waals surface area contributed by atoms with Crippen molar-refractivity contribution in [1.29, 1.82) is 0 Å². The topological polar surface area (TPSA) is 61.4 Å². The van der Waals surface area contributed by atoms with E-state index in [-0.39, 0.29) is 18.0 Å². The van der Waals surface area contributed by atoms with Gasteiger partial charge in [0.05, 0.1) is 6.04 Å². The lowest BCUT2D eigenvalue weighted by Crippen LogP contribution is -2.49. The van der Waals surface area contributed by atoms with Crippen molar-refractivity contribution in [2.45, 2.75) is 50.7 Å². The van der Waals surface area contributed by atoms with Crippen LogP contribution in [0.5, 0.6) is 0 Å². The second kappa shape index (κ2) is 6.79. The van der Waals surface area contributed by atoms with Gasteiger partial charge in [0.25, 0.3) is 0 Å². The molecular formula is C17H22ClN3O2. The van der Waals surface area contributed by atoms with Crippen molar-refractivity contribution < 1.29 is 9.59 Å². The molecule has 3 amide bonds. The summed E-state index contributed by atoms with van der Waals surface area (Å²) < 4.78 is 0. The molecule has 1 saturated heterocycles. The van der Waals surface area contributed by atoms with E-state index in [4.69, 9.17) is 11.6 Å². The lowest BCUT2D eigenvalue weighted by atomic mass is 9.92. The molecule has 2 atom stereocenters. The minimum Gasteiger partial charge on any atom is -0.338 e. The first-order valence-corrected chi connectivity index (χ1v) is 8.55. The Hall–Kier alpha value is -1.75. The zero-order chi connectivity index (χ0) is 16.4. The van der Waals surface area contributed by atoms with Crippen LogP contribution in [-0.4, -0.2) is 35.5 Å². The van der Waals surface area contributed by atoms with Crippen LogP contribution in [0.25, 0.3) is 0 Å². The Labute approximate surface area is 141 Å². The van der Waals surface area contributed by atoms with Crippen LogP contribution in [0.3, 0.4) is 0 Å².